The fourth-order valence-electron chi connectivity index (χ4n) is 3.80. The van der Waals surface area contributed by atoms with Crippen molar-refractivity contribution in [2.75, 3.05) is 19.7 Å². The van der Waals surface area contributed by atoms with Gasteiger partial charge in [-0.2, -0.15) is 11.3 Å². The van der Waals surface area contributed by atoms with Crippen LogP contribution >= 0.6 is 11.3 Å². The number of ether oxygens (including phenoxy) is 1. The highest BCUT2D eigenvalue weighted by Crippen LogP contribution is 2.36. The van der Waals surface area contributed by atoms with E-state index in [2.05, 4.69) is 10.2 Å². The highest BCUT2D eigenvalue weighted by molar-refractivity contribution is 7.07. The third-order valence-corrected chi connectivity index (χ3v) is 5.76. The van der Waals surface area contributed by atoms with Gasteiger partial charge in [0, 0.05) is 25.9 Å². The van der Waals surface area contributed by atoms with E-state index >= 15 is 0 Å². The van der Waals surface area contributed by atoms with Crippen molar-refractivity contribution in [2.45, 2.75) is 32.3 Å². The molecule has 128 valence electrons. The maximum absolute atomic E-state index is 12.5. The Labute approximate surface area is 144 Å². The Hall–Kier alpha value is -1.73. The molecular formula is C17H21N3O3S. The lowest BCUT2D eigenvalue weighted by atomic mass is 9.83. The smallest absolute Gasteiger partial charge is 0.227 e. The molecule has 0 aliphatic carbocycles. The third-order valence-electron chi connectivity index (χ3n) is 5.03. The van der Waals surface area contributed by atoms with Gasteiger partial charge in [0.05, 0.1) is 25.6 Å². The van der Waals surface area contributed by atoms with Gasteiger partial charge in [0.15, 0.2) is 0 Å². The number of hydrogen-bond donors (Lipinski definition) is 0. The van der Waals surface area contributed by atoms with Crippen LogP contribution in [0.3, 0.4) is 0 Å². The molecule has 6 nitrogen and oxygen atoms in total. The Balaban J connectivity index is 1.34. The summed E-state index contributed by atoms with van der Waals surface area (Å²) in [5.41, 5.74) is 1.11. The van der Waals surface area contributed by atoms with Gasteiger partial charge in [0.25, 0.3) is 0 Å². The van der Waals surface area contributed by atoms with E-state index in [4.69, 9.17) is 9.15 Å². The summed E-state index contributed by atoms with van der Waals surface area (Å²) in [4.78, 5) is 14.5. The fourth-order valence-corrected chi connectivity index (χ4v) is 4.46. The van der Waals surface area contributed by atoms with Crippen LogP contribution in [-0.4, -0.2) is 46.8 Å². The van der Waals surface area contributed by atoms with Crippen molar-refractivity contribution in [3.8, 4) is 0 Å². The Morgan fingerprint density at radius 3 is 3.12 bits per heavy atom. The van der Waals surface area contributed by atoms with Crippen molar-refractivity contribution < 1.29 is 13.9 Å². The van der Waals surface area contributed by atoms with Crippen LogP contribution in [0.5, 0.6) is 0 Å². The number of piperidine rings is 1. The molecule has 0 spiro atoms. The summed E-state index contributed by atoms with van der Waals surface area (Å²) in [7, 11) is 0. The van der Waals surface area contributed by atoms with E-state index in [1.807, 2.05) is 21.7 Å². The second-order valence-electron chi connectivity index (χ2n) is 6.65. The monoisotopic (exact) mass is 347 g/mol. The summed E-state index contributed by atoms with van der Waals surface area (Å²) >= 11 is 1.64. The third kappa shape index (κ3) is 3.23. The Bertz CT molecular complexity index is 700. The molecule has 4 rings (SSSR count). The number of thiophene rings is 1. The molecular weight excluding hydrogens is 326 g/mol. The van der Waals surface area contributed by atoms with Crippen LogP contribution in [0.15, 0.2) is 21.2 Å². The van der Waals surface area contributed by atoms with Gasteiger partial charge in [-0.05, 0) is 34.7 Å². The Kier molecular flexibility index (Phi) is 4.37. The van der Waals surface area contributed by atoms with Crippen molar-refractivity contribution >= 4 is 17.2 Å². The molecule has 0 radical (unpaired) electrons. The normalized spacial score (nSPS) is 26.5. The maximum atomic E-state index is 12.5. The molecule has 1 amide bonds. The zero-order valence-electron chi connectivity index (χ0n) is 13.7. The summed E-state index contributed by atoms with van der Waals surface area (Å²) in [6, 6.07) is 2.02. The average Bonchev–Trinajstić information content (AvgIpc) is 3.30. The minimum Gasteiger partial charge on any atom is -0.425 e. The molecule has 24 heavy (non-hydrogen) atoms. The maximum Gasteiger partial charge on any atom is 0.227 e. The number of amides is 1. The van der Waals surface area contributed by atoms with E-state index in [9.17, 15) is 4.79 Å². The van der Waals surface area contributed by atoms with Gasteiger partial charge in [-0.1, -0.05) is 0 Å². The lowest BCUT2D eigenvalue weighted by Gasteiger charge is -2.35. The van der Waals surface area contributed by atoms with Crippen LogP contribution in [-0.2, 0) is 22.4 Å². The molecule has 2 saturated heterocycles. The van der Waals surface area contributed by atoms with Crippen LogP contribution in [0.1, 0.15) is 23.8 Å². The molecule has 0 unspecified atom stereocenters. The van der Waals surface area contributed by atoms with Crippen molar-refractivity contribution in [1.82, 2.24) is 15.1 Å². The first-order chi connectivity index (χ1) is 11.7. The van der Waals surface area contributed by atoms with Gasteiger partial charge in [0.2, 0.25) is 17.7 Å². The second kappa shape index (κ2) is 6.64. The van der Waals surface area contributed by atoms with Crippen molar-refractivity contribution in [1.29, 1.82) is 0 Å². The number of carbonyl (C=O) groups excluding carboxylic acids is 1. The Morgan fingerprint density at radius 2 is 2.38 bits per heavy atom. The Morgan fingerprint density at radius 1 is 1.46 bits per heavy atom. The number of aromatic nitrogens is 2. The first-order valence-electron chi connectivity index (χ1n) is 8.38. The van der Waals surface area contributed by atoms with Gasteiger partial charge >= 0.3 is 0 Å². The number of aryl methyl sites for hydroxylation is 1. The van der Waals surface area contributed by atoms with Crippen LogP contribution in [0, 0.1) is 18.8 Å². The van der Waals surface area contributed by atoms with Crippen LogP contribution in [0.4, 0.5) is 0 Å². The molecule has 3 atom stereocenters. The van der Waals surface area contributed by atoms with Crippen molar-refractivity contribution in [3.05, 3.63) is 34.2 Å². The van der Waals surface area contributed by atoms with E-state index in [0.717, 1.165) is 25.1 Å². The number of likely N-dealkylation sites (tertiary alicyclic amines) is 1. The molecule has 0 aromatic carbocycles. The summed E-state index contributed by atoms with van der Waals surface area (Å²) in [6.45, 7) is 4.12. The molecule has 7 heteroatoms. The summed E-state index contributed by atoms with van der Waals surface area (Å²) in [6.07, 6.45) is 2.29. The quantitative estimate of drug-likeness (QED) is 0.847. The number of fused-ring (bicyclic) bond motifs is 1. The van der Waals surface area contributed by atoms with Crippen LogP contribution in [0.25, 0.3) is 0 Å². The molecule has 2 aliphatic heterocycles. The van der Waals surface area contributed by atoms with E-state index in [0.29, 0.717) is 43.1 Å². The lowest BCUT2D eigenvalue weighted by molar-refractivity contribution is -0.132. The number of hydrogen-bond acceptors (Lipinski definition) is 6. The number of nitrogens with zero attached hydrogens (tertiary/aromatic N) is 3. The SMILES string of the molecule is Cc1nnc(C[C@@H]2OC[C@H]3CN(C(=O)Cc4ccsc4)CC[C@H]32)o1. The fraction of sp³-hybridized carbons (Fsp3) is 0.588. The predicted molar refractivity (Wildman–Crippen MR) is 88.7 cm³/mol. The van der Waals surface area contributed by atoms with E-state index < -0.39 is 0 Å². The highest BCUT2D eigenvalue weighted by atomic mass is 32.1. The lowest BCUT2D eigenvalue weighted by Crippen LogP contribution is -2.45. The van der Waals surface area contributed by atoms with Crippen molar-refractivity contribution in [3.63, 3.8) is 0 Å². The van der Waals surface area contributed by atoms with Crippen molar-refractivity contribution in [2.24, 2.45) is 11.8 Å². The molecule has 0 saturated carbocycles. The summed E-state index contributed by atoms with van der Waals surface area (Å²) in [5.74, 6) is 2.35. The highest BCUT2D eigenvalue weighted by Gasteiger charge is 2.42. The largest absolute Gasteiger partial charge is 0.425 e. The summed E-state index contributed by atoms with van der Waals surface area (Å²) < 4.78 is 11.5. The molecule has 0 bridgehead atoms. The van der Waals surface area contributed by atoms with Gasteiger partial charge in [0.1, 0.15) is 0 Å². The zero-order valence-corrected chi connectivity index (χ0v) is 14.5. The first kappa shape index (κ1) is 15.8. The van der Waals surface area contributed by atoms with Crippen LogP contribution in [0.2, 0.25) is 0 Å². The number of carbonyl (C=O) groups is 1. The molecule has 0 N–H and O–H groups in total. The van der Waals surface area contributed by atoms with Gasteiger partial charge in [-0.25, -0.2) is 0 Å². The molecule has 2 aromatic rings. The molecule has 2 fully saturated rings. The zero-order chi connectivity index (χ0) is 16.5. The first-order valence-corrected chi connectivity index (χ1v) is 9.33. The van der Waals surface area contributed by atoms with Gasteiger partial charge in [-0.3, -0.25) is 4.79 Å². The van der Waals surface area contributed by atoms with E-state index in [-0.39, 0.29) is 12.0 Å². The standard InChI is InChI=1S/C17H21N3O3S/c1-11-18-19-16(23-11)7-15-14-2-4-20(8-13(14)9-22-15)17(21)6-12-3-5-24-10-12/h3,5,10,13-15H,2,4,6-9H2,1H3/t13-,14-,15+/m1/s1. The van der Waals surface area contributed by atoms with Gasteiger partial charge < -0.3 is 14.1 Å². The van der Waals surface area contributed by atoms with E-state index in [1.165, 1.54) is 0 Å². The molecule has 2 aliphatic rings. The summed E-state index contributed by atoms with van der Waals surface area (Å²) in [5, 5.41) is 12.0. The topological polar surface area (TPSA) is 68.5 Å². The van der Waals surface area contributed by atoms with E-state index in [1.54, 1.807) is 18.3 Å². The second-order valence-corrected chi connectivity index (χ2v) is 7.43. The molecule has 4 heterocycles. The van der Waals surface area contributed by atoms with Crippen LogP contribution < -0.4 is 0 Å². The number of rotatable bonds is 4. The molecule has 2 aromatic heterocycles. The average molecular weight is 347 g/mol. The minimum atomic E-state index is 0.129. The predicted octanol–water partition coefficient (Wildman–Crippen LogP) is 2.09. The van der Waals surface area contributed by atoms with Gasteiger partial charge in [-0.15, -0.1) is 10.2 Å². The minimum absolute atomic E-state index is 0.129.